The van der Waals surface area contributed by atoms with Crippen molar-refractivity contribution in [1.82, 2.24) is 15.4 Å². The highest BCUT2D eigenvalue weighted by atomic mass is 19.1. The number of hydrogen-bond acceptors (Lipinski definition) is 5. The van der Waals surface area contributed by atoms with Crippen molar-refractivity contribution in [3.63, 3.8) is 0 Å². The van der Waals surface area contributed by atoms with Crippen LogP contribution in [-0.4, -0.2) is 46.2 Å². The number of hydrazine groups is 1. The molecule has 0 atom stereocenters. The summed E-state index contributed by atoms with van der Waals surface area (Å²) in [6, 6.07) is 4.14. The molecule has 1 aromatic carbocycles. The molecule has 0 aliphatic heterocycles. The van der Waals surface area contributed by atoms with Gasteiger partial charge in [0.2, 0.25) is 0 Å². The number of amides is 2. The van der Waals surface area contributed by atoms with Crippen molar-refractivity contribution in [3.8, 4) is 5.75 Å². The molecule has 0 aliphatic rings. The summed E-state index contributed by atoms with van der Waals surface area (Å²) in [5, 5.41) is 10.1. The van der Waals surface area contributed by atoms with Crippen LogP contribution in [0.4, 0.5) is 4.39 Å². The Morgan fingerprint density at radius 3 is 2.48 bits per heavy atom. The number of methoxy groups -OCH3 is 1. The van der Waals surface area contributed by atoms with Crippen LogP contribution in [0.1, 0.15) is 52.6 Å². The van der Waals surface area contributed by atoms with E-state index in [0.29, 0.717) is 16.9 Å². The highest BCUT2D eigenvalue weighted by Crippen LogP contribution is 2.22. The number of rotatable bonds is 5. The zero-order valence-corrected chi connectivity index (χ0v) is 17.2. The number of aromatic nitrogens is 1. The van der Waals surface area contributed by atoms with Crippen molar-refractivity contribution in [3.05, 3.63) is 58.7 Å². The molecule has 0 radical (unpaired) electrons. The second-order valence-electron chi connectivity index (χ2n) is 7.55. The lowest BCUT2D eigenvalue weighted by Gasteiger charge is -2.35. The van der Waals surface area contributed by atoms with Gasteiger partial charge in [-0.3, -0.25) is 20.0 Å². The van der Waals surface area contributed by atoms with Crippen molar-refractivity contribution in [1.29, 1.82) is 0 Å². The number of pyridine rings is 1. The Morgan fingerprint density at radius 1 is 1.24 bits per heavy atom. The number of aliphatic hydroxyl groups excluding tert-OH is 1. The van der Waals surface area contributed by atoms with Gasteiger partial charge in [-0.25, -0.2) is 9.40 Å². The molecular formula is C21H26FN3O4. The second kappa shape index (κ2) is 9.00. The fraction of sp³-hybridized carbons (Fsp3) is 0.381. The first-order valence-corrected chi connectivity index (χ1v) is 9.13. The number of hydrogen-bond donors (Lipinski definition) is 2. The molecular weight excluding hydrogens is 377 g/mol. The van der Waals surface area contributed by atoms with Crippen molar-refractivity contribution in [2.45, 2.75) is 39.7 Å². The van der Waals surface area contributed by atoms with Crippen molar-refractivity contribution < 1.29 is 23.8 Å². The Balaban J connectivity index is 2.36. The lowest BCUT2D eigenvalue weighted by molar-refractivity contribution is 0.0354. The van der Waals surface area contributed by atoms with Crippen LogP contribution in [0.2, 0.25) is 0 Å². The normalized spacial score (nSPS) is 11.1. The first kappa shape index (κ1) is 22.3. The summed E-state index contributed by atoms with van der Waals surface area (Å²) in [5.74, 6) is -1.53. The molecule has 2 aromatic rings. The van der Waals surface area contributed by atoms with E-state index in [4.69, 9.17) is 9.84 Å². The first-order chi connectivity index (χ1) is 13.6. The summed E-state index contributed by atoms with van der Waals surface area (Å²) >= 11 is 0. The smallest absolute Gasteiger partial charge is 0.275 e. The summed E-state index contributed by atoms with van der Waals surface area (Å²) in [5.41, 5.74) is 2.95. The number of carbonyl (C=O) groups excluding carboxylic acids is 2. The molecule has 7 nitrogen and oxygen atoms in total. The van der Waals surface area contributed by atoms with E-state index in [1.165, 1.54) is 31.6 Å². The summed E-state index contributed by atoms with van der Waals surface area (Å²) in [4.78, 5) is 29.8. The van der Waals surface area contributed by atoms with Gasteiger partial charge >= 0.3 is 0 Å². The van der Waals surface area contributed by atoms with Crippen LogP contribution in [0.3, 0.4) is 0 Å². The predicted molar refractivity (Wildman–Crippen MR) is 106 cm³/mol. The summed E-state index contributed by atoms with van der Waals surface area (Å²) in [6.45, 7) is 6.75. The second-order valence-corrected chi connectivity index (χ2v) is 7.55. The number of halogens is 1. The zero-order chi connectivity index (χ0) is 21.8. The van der Waals surface area contributed by atoms with Crippen molar-refractivity contribution >= 4 is 11.8 Å². The van der Waals surface area contributed by atoms with Crippen molar-refractivity contribution in [2.24, 2.45) is 0 Å². The molecule has 0 aliphatic carbocycles. The summed E-state index contributed by atoms with van der Waals surface area (Å²) in [6.07, 6.45) is 3.15. The molecule has 0 spiro atoms. The topological polar surface area (TPSA) is 91.8 Å². The minimum absolute atomic E-state index is 0.120. The Labute approximate surface area is 169 Å². The van der Waals surface area contributed by atoms with E-state index in [9.17, 15) is 14.0 Å². The lowest BCUT2D eigenvalue weighted by Crippen LogP contribution is -2.56. The average Bonchev–Trinajstić information content (AvgIpc) is 2.65. The summed E-state index contributed by atoms with van der Waals surface area (Å²) in [7, 11) is 1.47. The number of ether oxygens (including phenoxy) is 1. The molecule has 0 saturated heterocycles. The average molecular weight is 403 g/mol. The molecule has 0 fully saturated rings. The van der Waals surface area contributed by atoms with Gasteiger partial charge in [-0.2, -0.15) is 0 Å². The van der Waals surface area contributed by atoms with Crippen LogP contribution in [0.15, 0.2) is 30.6 Å². The van der Waals surface area contributed by atoms with Gasteiger partial charge in [-0.1, -0.05) is 6.07 Å². The predicted octanol–water partition coefficient (Wildman–Crippen LogP) is 2.66. The largest absolute Gasteiger partial charge is 0.495 e. The third-order valence-corrected chi connectivity index (χ3v) is 4.39. The molecule has 0 saturated carbocycles. The molecule has 156 valence electrons. The maximum Gasteiger partial charge on any atom is 0.275 e. The van der Waals surface area contributed by atoms with Gasteiger partial charge in [-0.15, -0.1) is 0 Å². The zero-order valence-electron chi connectivity index (χ0n) is 17.2. The third kappa shape index (κ3) is 5.08. The van der Waals surface area contributed by atoms with E-state index in [0.717, 1.165) is 5.01 Å². The number of aliphatic hydroxyl groups is 1. The van der Waals surface area contributed by atoms with E-state index in [-0.39, 0.29) is 24.2 Å². The van der Waals surface area contributed by atoms with Crippen LogP contribution >= 0.6 is 0 Å². The van der Waals surface area contributed by atoms with Gasteiger partial charge in [0.15, 0.2) is 0 Å². The summed E-state index contributed by atoms with van der Waals surface area (Å²) < 4.78 is 19.7. The minimum atomic E-state index is -0.830. The Kier molecular flexibility index (Phi) is 6.92. The molecule has 1 heterocycles. The van der Waals surface area contributed by atoms with E-state index < -0.39 is 23.2 Å². The van der Waals surface area contributed by atoms with E-state index >= 15 is 0 Å². The van der Waals surface area contributed by atoms with Gasteiger partial charge in [-0.05, 0) is 51.8 Å². The Hall–Kier alpha value is -3.00. The molecule has 0 bridgehead atoms. The standard InChI is InChI=1S/C21H26FN3O4/c1-13-16(11-23-12-18(13)29-5)19(27)24-25(21(2,3)4)20(28)15-7-6-14(8-9-26)10-17(15)22/h6-7,10-12,26H,8-9H2,1-5H3,(H,24,27). The molecule has 2 rings (SSSR count). The number of nitrogens with one attached hydrogen (secondary N) is 1. The quantitative estimate of drug-likeness (QED) is 0.749. The van der Waals surface area contributed by atoms with Crippen LogP contribution in [0, 0.1) is 12.7 Å². The first-order valence-electron chi connectivity index (χ1n) is 9.13. The monoisotopic (exact) mass is 403 g/mol. The molecule has 2 amide bonds. The van der Waals surface area contributed by atoms with Crippen LogP contribution in [-0.2, 0) is 6.42 Å². The molecule has 2 N–H and O–H groups in total. The Bertz CT molecular complexity index is 909. The van der Waals surface area contributed by atoms with Gasteiger partial charge < -0.3 is 9.84 Å². The van der Waals surface area contributed by atoms with E-state index in [1.54, 1.807) is 33.8 Å². The fourth-order valence-corrected chi connectivity index (χ4v) is 2.76. The highest BCUT2D eigenvalue weighted by molar-refractivity contribution is 6.00. The van der Waals surface area contributed by atoms with Crippen molar-refractivity contribution in [2.75, 3.05) is 13.7 Å². The number of carbonyl (C=O) groups is 2. The molecule has 8 heteroatoms. The van der Waals surface area contributed by atoms with Crippen LogP contribution in [0.25, 0.3) is 0 Å². The van der Waals surface area contributed by atoms with Gasteiger partial charge in [0.25, 0.3) is 11.8 Å². The molecule has 1 aromatic heterocycles. The SMILES string of the molecule is COc1cncc(C(=O)NN(C(=O)c2ccc(CCO)cc2F)C(C)(C)C)c1C. The molecule has 29 heavy (non-hydrogen) atoms. The maximum atomic E-state index is 14.5. The number of nitrogens with zero attached hydrogens (tertiary/aromatic N) is 2. The van der Waals surface area contributed by atoms with Gasteiger partial charge in [0, 0.05) is 18.4 Å². The van der Waals surface area contributed by atoms with Gasteiger partial charge in [0.05, 0.1) is 30.0 Å². The third-order valence-electron chi connectivity index (χ3n) is 4.39. The number of benzene rings is 1. The van der Waals surface area contributed by atoms with Crippen LogP contribution in [0.5, 0.6) is 5.75 Å². The van der Waals surface area contributed by atoms with Gasteiger partial charge in [0.1, 0.15) is 11.6 Å². The van der Waals surface area contributed by atoms with E-state index in [1.807, 2.05) is 0 Å². The maximum absolute atomic E-state index is 14.5. The highest BCUT2D eigenvalue weighted by Gasteiger charge is 2.31. The Morgan fingerprint density at radius 2 is 1.93 bits per heavy atom. The van der Waals surface area contributed by atoms with E-state index in [2.05, 4.69) is 10.4 Å². The minimum Gasteiger partial charge on any atom is -0.495 e. The molecule has 0 unspecified atom stereocenters. The lowest BCUT2D eigenvalue weighted by atomic mass is 10.0. The van der Waals surface area contributed by atoms with Crippen LogP contribution < -0.4 is 10.2 Å². The fourth-order valence-electron chi connectivity index (χ4n) is 2.76.